The molecule has 0 unspecified atom stereocenters. The number of urea groups is 1. The minimum absolute atomic E-state index is 0.0381. The summed E-state index contributed by atoms with van der Waals surface area (Å²) in [5.41, 5.74) is -3.27. The number of nitrogens with one attached hydrogen (secondary N) is 2. The van der Waals surface area contributed by atoms with Crippen molar-refractivity contribution in [2.45, 2.75) is 18.4 Å². The molecule has 2 aromatic rings. The van der Waals surface area contributed by atoms with E-state index in [1.165, 1.54) is 0 Å². The lowest BCUT2D eigenvalue weighted by Crippen LogP contribution is -2.34. The Morgan fingerprint density at radius 2 is 1.44 bits per heavy atom. The molecule has 2 aromatic carbocycles. The Labute approximate surface area is 149 Å². The summed E-state index contributed by atoms with van der Waals surface area (Å²) in [5.74, 6) is 0. The molecule has 3 N–H and O–H groups in total. The number of hydrogen-bond acceptors (Lipinski definition) is 2. The number of carbonyl (C=O) groups is 1. The lowest BCUT2D eigenvalue weighted by atomic mass is 10.1. The molecule has 0 fully saturated rings. The maximum Gasteiger partial charge on any atom is 0.416 e. The maximum atomic E-state index is 12.8. The second kappa shape index (κ2) is 7.87. The third kappa shape index (κ3) is 5.61. The number of amides is 2. The zero-order chi connectivity index (χ0) is 20.2. The van der Waals surface area contributed by atoms with E-state index in [9.17, 15) is 36.2 Å². The Balaban J connectivity index is 2.24. The van der Waals surface area contributed by atoms with Crippen LogP contribution in [-0.4, -0.2) is 17.7 Å². The van der Waals surface area contributed by atoms with Gasteiger partial charge in [0, 0.05) is 5.69 Å². The van der Waals surface area contributed by atoms with Crippen LogP contribution in [0.5, 0.6) is 0 Å². The monoisotopic (exact) mass is 392 g/mol. The molecule has 0 aliphatic carbocycles. The Bertz CT molecular complexity index is 758. The summed E-state index contributed by atoms with van der Waals surface area (Å²) in [6.45, 7) is -0.520. The highest BCUT2D eigenvalue weighted by molar-refractivity contribution is 5.89. The van der Waals surface area contributed by atoms with Crippen molar-refractivity contribution >= 4 is 11.7 Å². The summed E-state index contributed by atoms with van der Waals surface area (Å²) in [4.78, 5) is 12.0. The zero-order valence-corrected chi connectivity index (χ0v) is 13.5. The molecule has 0 saturated heterocycles. The predicted molar refractivity (Wildman–Crippen MR) is 84.9 cm³/mol. The van der Waals surface area contributed by atoms with Crippen molar-refractivity contribution in [1.82, 2.24) is 5.32 Å². The van der Waals surface area contributed by atoms with Gasteiger partial charge in [-0.25, -0.2) is 4.79 Å². The minimum Gasteiger partial charge on any atom is -0.394 e. The van der Waals surface area contributed by atoms with Crippen molar-refractivity contribution in [2.24, 2.45) is 0 Å². The van der Waals surface area contributed by atoms with Crippen LogP contribution in [0, 0.1) is 0 Å². The molecular formula is C17H14F6N2O2. The van der Waals surface area contributed by atoms with Crippen LogP contribution in [0.3, 0.4) is 0 Å². The van der Waals surface area contributed by atoms with Gasteiger partial charge < -0.3 is 15.7 Å². The molecule has 0 radical (unpaired) electrons. The molecule has 0 saturated carbocycles. The summed E-state index contributed by atoms with van der Waals surface area (Å²) >= 11 is 0. The number of aliphatic hydroxyl groups excluding tert-OH is 1. The fourth-order valence-electron chi connectivity index (χ4n) is 2.27. The van der Waals surface area contributed by atoms with E-state index >= 15 is 0 Å². The molecule has 0 spiro atoms. The second-order valence-corrected chi connectivity index (χ2v) is 5.54. The predicted octanol–water partition coefficient (Wildman–Crippen LogP) is 4.58. The second-order valence-electron chi connectivity index (χ2n) is 5.54. The van der Waals surface area contributed by atoms with Crippen LogP contribution < -0.4 is 10.6 Å². The van der Waals surface area contributed by atoms with Crippen molar-refractivity contribution < 1.29 is 36.2 Å². The van der Waals surface area contributed by atoms with Crippen LogP contribution in [0.15, 0.2) is 48.5 Å². The molecule has 1 atom stereocenters. The van der Waals surface area contributed by atoms with E-state index in [-0.39, 0.29) is 6.07 Å². The van der Waals surface area contributed by atoms with Crippen molar-refractivity contribution in [3.05, 3.63) is 65.2 Å². The molecule has 146 valence electrons. The van der Waals surface area contributed by atoms with Crippen LogP contribution >= 0.6 is 0 Å². The zero-order valence-electron chi connectivity index (χ0n) is 13.5. The molecule has 0 bridgehead atoms. The van der Waals surface area contributed by atoms with Gasteiger partial charge in [-0.1, -0.05) is 30.3 Å². The van der Waals surface area contributed by atoms with Crippen LogP contribution in [0.25, 0.3) is 0 Å². The van der Waals surface area contributed by atoms with Crippen molar-refractivity contribution in [2.75, 3.05) is 11.9 Å². The van der Waals surface area contributed by atoms with Crippen molar-refractivity contribution in [3.63, 3.8) is 0 Å². The van der Waals surface area contributed by atoms with Crippen molar-refractivity contribution in [3.8, 4) is 0 Å². The number of rotatable bonds is 4. The van der Waals surface area contributed by atoms with Crippen LogP contribution in [0.4, 0.5) is 36.8 Å². The van der Waals surface area contributed by atoms with Gasteiger partial charge in [-0.05, 0) is 23.8 Å². The van der Waals surface area contributed by atoms with Gasteiger partial charge in [-0.15, -0.1) is 0 Å². The third-order valence-electron chi connectivity index (χ3n) is 3.54. The number of anilines is 1. The fourth-order valence-corrected chi connectivity index (χ4v) is 2.27. The largest absolute Gasteiger partial charge is 0.416 e. The van der Waals surface area contributed by atoms with E-state index in [2.05, 4.69) is 5.32 Å². The molecule has 0 aromatic heterocycles. The quantitative estimate of drug-likeness (QED) is 0.667. The lowest BCUT2D eigenvalue weighted by molar-refractivity contribution is -0.143. The SMILES string of the molecule is O=C(Nc1cc(C(F)(F)F)cc(C(F)(F)F)c1)N[C@H](CO)c1ccccc1. The van der Waals surface area contributed by atoms with Gasteiger partial charge in [0.2, 0.25) is 0 Å². The van der Waals surface area contributed by atoms with E-state index in [4.69, 9.17) is 0 Å². The van der Waals surface area contributed by atoms with Gasteiger partial charge in [0.25, 0.3) is 0 Å². The minimum atomic E-state index is -5.02. The van der Waals surface area contributed by atoms with Gasteiger partial charge in [0.05, 0.1) is 23.8 Å². The molecule has 0 heterocycles. The first-order chi connectivity index (χ1) is 12.5. The molecular weight excluding hydrogens is 378 g/mol. The Kier molecular flexibility index (Phi) is 5.99. The highest BCUT2D eigenvalue weighted by Gasteiger charge is 2.37. The Hall–Kier alpha value is -2.75. The van der Waals surface area contributed by atoms with Crippen molar-refractivity contribution in [1.29, 1.82) is 0 Å². The van der Waals surface area contributed by atoms with E-state index in [0.29, 0.717) is 17.7 Å². The summed E-state index contributed by atoms with van der Waals surface area (Å²) in [6.07, 6.45) is -10.0. The Morgan fingerprint density at radius 1 is 0.926 bits per heavy atom. The molecule has 2 amide bonds. The molecule has 2 rings (SSSR count). The van der Waals surface area contributed by atoms with Gasteiger partial charge >= 0.3 is 18.4 Å². The van der Waals surface area contributed by atoms with Crippen LogP contribution in [0.1, 0.15) is 22.7 Å². The summed E-state index contributed by atoms with van der Waals surface area (Å²) in [7, 11) is 0. The van der Waals surface area contributed by atoms with E-state index in [1.807, 2.05) is 5.32 Å². The number of aliphatic hydroxyl groups is 1. The molecule has 0 aliphatic heterocycles. The highest BCUT2D eigenvalue weighted by Crippen LogP contribution is 2.37. The summed E-state index contributed by atoms with van der Waals surface area (Å²) in [5, 5.41) is 13.6. The maximum absolute atomic E-state index is 12.8. The molecule has 10 heteroatoms. The van der Waals surface area contributed by atoms with Gasteiger partial charge in [-0.3, -0.25) is 0 Å². The number of hydrogen-bond donors (Lipinski definition) is 3. The van der Waals surface area contributed by atoms with Gasteiger partial charge in [0.15, 0.2) is 0 Å². The molecule has 4 nitrogen and oxygen atoms in total. The van der Waals surface area contributed by atoms with Gasteiger partial charge in [0.1, 0.15) is 0 Å². The number of benzene rings is 2. The lowest BCUT2D eigenvalue weighted by Gasteiger charge is -2.18. The van der Waals surface area contributed by atoms with Gasteiger partial charge in [-0.2, -0.15) is 26.3 Å². The molecule has 27 heavy (non-hydrogen) atoms. The molecule has 0 aliphatic rings. The normalized spacial score (nSPS) is 13.1. The van der Waals surface area contributed by atoms with E-state index < -0.39 is 47.8 Å². The topological polar surface area (TPSA) is 61.4 Å². The average molecular weight is 392 g/mol. The van der Waals surface area contributed by atoms with E-state index in [0.717, 1.165) is 0 Å². The first-order valence-electron chi connectivity index (χ1n) is 7.53. The Morgan fingerprint density at radius 3 is 1.89 bits per heavy atom. The highest BCUT2D eigenvalue weighted by atomic mass is 19.4. The third-order valence-corrected chi connectivity index (χ3v) is 3.54. The summed E-state index contributed by atoms with van der Waals surface area (Å²) < 4.78 is 77.0. The number of alkyl halides is 6. The first-order valence-corrected chi connectivity index (χ1v) is 7.53. The number of carbonyl (C=O) groups excluding carboxylic acids is 1. The smallest absolute Gasteiger partial charge is 0.394 e. The van der Waals surface area contributed by atoms with E-state index in [1.54, 1.807) is 30.3 Å². The van der Waals surface area contributed by atoms with Crippen LogP contribution in [0.2, 0.25) is 0 Å². The fraction of sp³-hybridized carbons (Fsp3) is 0.235. The standard InChI is InChI=1S/C17H14F6N2O2/c18-16(19,20)11-6-12(17(21,22)23)8-13(7-11)24-15(27)25-14(9-26)10-4-2-1-3-5-10/h1-8,14,26H,9H2,(H2,24,25,27)/t14-/m1/s1. The van der Waals surface area contributed by atoms with Crippen LogP contribution in [-0.2, 0) is 12.4 Å². The summed E-state index contributed by atoms with van der Waals surface area (Å²) in [6, 6.07) is 6.95. The number of halogens is 6. The first kappa shape index (κ1) is 20.6. The average Bonchev–Trinajstić information content (AvgIpc) is 2.58.